The standard InChI is InChI=1S/C31H38ClN3O4S/c1-5-6-18-33-31(37)29(20-25-10-8-7-9-11-25)34(21-26-14-12-23(2)13-15-26)30(36)22-35(40(4,38)39)28-17-16-27(32)19-24(28)3/h7-17,19,29H,5-6,18,20-22H2,1-4H3,(H,33,37). The van der Waals surface area contributed by atoms with E-state index in [2.05, 4.69) is 5.32 Å². The molecule has 0 saturated heterocycles. The minimum absolute atomic E-state index is 0.148. The van der Waals surface area contributed by atoms with Crippen LogP contribution in [0.3, 0.4) is 0 Å². The monoisotopic (exact) mass is 583 g/mol. The normalized spacial score (nSPS) is 12.0. The van der Waals surface area contributed by atoms with Crippen molar-refractivity contribution in [2.24, 2.45) is 0 Å². The molecule has 3 aromatic carbocycles. The average Bonchev–Trinajstić information content (AvgIpc) is 2.90. The van der Waals surface area contributed by atoms with Crippen molar-refractivity contribution in [1.29, 1.82) is 0 Å². The van der Waals surface area contributed by atoms with Crippen LogP contribution in [0.2, 0.25) is 5.02 Å². The molecule has 3 aromatic rings. The summed E-state index contributed by atoms with van der Waals surface area (Å²) in [5, 5.41) is 3.45. The predicted octanol–water partition coefficient (Wildman–Crippen LogP) is 5.28. The fourth-order valence-electron chi connectivity index (χ4n) is 4.44. The van der Waals surface area contributed by atoms with E-state index in [0.29, 0.717) is 22.8 Å². The van der Waals surface area contributed by atoms with E-state index >= 15 is 0 Å². The van der Waals surface area contributed by atoms with E-state index in [4.69, 9.17) is 11.6 Å². The van der Waals surface area contributed by atoms with Crippen molar-refractivity contribution in [2.75, 3.05) is 23.7 Å². The first-order chi connectivity index (χ1) is 19.0. The number of hydrogen-bond donors (Lipinski definition) is 1. The number of benzene rings is 3. The van der Waals surface area contributed by atoms with E-state index in [1.165, 1.54) is 4.90 Å². The second-order valence-electron chi connectivity index (χ2n) is 10.1. The molecule has 3 rings (SSSR count). The van der Waals surface area contributed by atoms with Crippen LogP contribution in [0.1, 0.15) is 42.0 Å². The molecule has 40 heavy (non-hydrogen) atoms. The first-order valence-electron chi connectivity index (χ1n) is 13.4. The van der Waals surface area contributed by atoms with Gasteiger partial charge >= 0.3 is 0 Å². The Balaban J connectivity index is 2.04. The zero-order valence-electron chi connectivity index (χ0n) is 23.6. The molecule has 0 heterocycles. The number of anilines is 1. The molecule has 1 atom stereocenters. The number of halogens is 1. The molecule has 0 fully saturated rings. The molecule has 0 aliphatic carbocycles. The van der Waals surface area contributed by atoms with Crippen molar-refractivity contribution in [3.8, 4) is 0 Å². The van der Waals surface area contributed by atoms with Crippen LogP contribution in [0.25, 0.3) is 0 Å². The van der Waals surface area contributed by atoms with Gasteiger partial charge in [-0.05, 0) is 55.2 Å². The lowest BCUT2D eigenvalue weighted by atomic mass is 10.0. The average molecular weight is 584 g/mol. The highest BCUT2D eigenvalue weighted by Crippen LogP contribution is 2.26. The molecule has 9 heteroatoms. The van der Waals surface area contributed by atoms with Crippen molar-refractivity contribution in [3.63, 3.8) is 0 Å². The van der Waals surface area contributed by atoms with E-state index < -0.39 is 28.5 Å². The smallest absolute Gasteiger partial charge is 0.244 e. The Kier molecular flexibility index (Phi) is 11.2. The van der Waals surface area contributed by atoms with E-state index in [1.807, 2.05) is 68.4 Å². The number of nitrogens with zero attached hydrogens (tertiary/aromatic N) is 2. The lowest BCUT2D eigenvalue weighted by molar-refractivity contribution is -0.140. The predicted molar refractivity (Wildman–Crippen MR) is 162 cm³/mol. The summed E-state index contributed by atoms with van der Waals surface area (Å²) in [5.74, 6) is -0.752. The molecular formula is C31H38ClN3O4S. The third-order valence-electron chi connectivity index (χ3n) is 6.68. The zero-order chi connectivity index (χ0) is 29.3. The molecule has 7 nitrogen and oxygen atoms in total. The number of unbranched alkanes of at least 4 members (excludes halogenated alkanes) is 1. The number of hydrogen-bond acceptors (Lipinski definition) is 4. The summed E-state index contributed by atoms with van der Waals surface area (Å²) in [7, 11) is -3.84. The lowest BCUT2D eigenvalue weighted by Crippen LogP contribution is -2.53. The van der Waals surface area contributed by atoms with Crippen LogP contribution in [-0.2, 0) is 32.6 Å². The molecule has 0 aromatic heterocycles. The number of sulfonamides is 1. The number of carbonyl (C=O) groups excluding carboxylic acids is 2. The SMILES string of the molecule is CCCCNC(=O)C(Cc1ccccc1)N(Cc1ccc(C)cc1)C(=O)CN(c1ccc(Cl)cc1C)S(C)(=O)=O. The Morgan fingerprint density at radius 1 is 0.950 bits per heavy atom. The maximum absolute atomic E-state index is 14.1. The van der Waals surface area contributed by atoms with Crippen molar-refractivity contribution in [3.05, 3.63) is 100 Å². The summed E-state index contributed by atoms with van der Waals surface area (Å²) in [6.45, 7) is 5.94. The van der Waals surface area contributed by atoms with Crippen LogP contribution < -0.4 is 9.62 Å². The number of carbonyl (C=O) groups is 2. The molecule has 0 radical (unpaired) electrons. The summed E-state index contributed by atoms with van der Waals surface area (Å²) in [4.78, 5) is 29.2. The molecular weight excluding hydrogens is 546 g/mol. The number of rotatable bonds is 13. The fourth-order valence-corrected chi connectivity index (χ4v) is 5.58. The largest absolute Gasteiger partial charge is 0.354 e. The minimum Gasteiger partial charge on any atom is -0.354 e. The molecule has 0 spiro atoms. The molecule has 1 N–H and O–H groups in total. The first kappa shape index (κ1) is 31.2. The Labute approximate surface area is 243 Å². The molecule has 2 amide bonds. The minimum atomic E-state index is -3.84. The van der Waals surface area contributed by atoms with Gasteiger partial charge in [-0.1, -0.05) is 85.1 Å². The number of aryl methyl sites for hydroxylation is 2. The van der Waals surface area contributed by atoms with E-state index in [-0.39, 0.29) is 18.9 Å². The Bertz CT molecular complexity index is 1400. The van der Waals surface area contributed by atoms with Crippen LogP contribution in [0, 0.1) is 13.8 Å². The topological polar surface area (TPSA) is 86.8 Å². The summed E-state index contributed by atoms with van der Waals surface area (Å²) < 4.78 is 27.0. The van der Waals surface area contributed by atoms with Gasteiger partial charge in [-0.3, -0.25) is 13.9 Å². The highest BCUT2D eigenvalue weighted by atomic mass is 35.5. The molecule has 0 aliphatic rings. The second-order valence-corrected chi connectivity index (χ2v) is 12.4. The van der Waals surface area contributed by atoms with Crippen molar-refractivity contribution < 1.29 is 18.0 Å². The van der Waals surface area contributed by atoms with Gasteiger partial charge in [0.25, 0.3) is 0 Å². The van der Waals surface area contributed by atoms with Gasteiger partial charge in [-0.15, -0.1) is 0 Å². The highest BCUT2D eigenvalue weighted by molar-refractivity contribution is 7.92. The third kappa shape index (κ3) is 8.83. The second kappa shape index (κ2) is 14.3. The maximum Gasteiger partial charge on any atom is 0.244 e. The quantitative estimate of drug-likeness (QED) is 0.277. The van der Waals surface area contributed by atoms with Gasteiger partial charge in [0.1, 0.15) is 12.6 Å². The third-order valence-corrected chi connectivity index (χ3v) is 8.04. The van der Waals surface area contributed by atoms with Gasteiger partial charge in [-0.2, -0.15) is 0 Å². The fraction of sp³-hybridized carbons (Fsp3) is 0.355. The summed E-state index contributed by atoms with van der Waals surface area (Å²) in [5.41, 5.74) is 3.79. The summed E-state index contributed by atoms with van der Waals surface area (Å²) >= 11 is 6.11. The first-order valence-corrected chi connectivity index (χ1v) is 15.6. The number of amides is 2. The Morgan fingerprint density at radius 2 is 1.62 bits per heavy atom. The Morgan fingerprint density at radius 3 is 2.23 bits per heavy atom. The molecule has 0 aliphatic heterocycles. The van der Waals surface area contributed by atoms with Crippen LogP contribution in [-0.4, -0.2) is 50.5 Å². The van der Waals surface area contributed by atoms with Crippen LogP contribution in [0.5, 0.6) is 0 Å². The molecule has 0 bridgehead atoms. The van der Waals surface area contributed by atoms with E-state index in [1.54, 1.807) is 25.1 Å². The van der Waals surface area contributed by atoms with Crippen LogP contribution in [0.15, 0.2) is 72.8 Å². The van der Waals surface area contributed by atoms with Crippen molar-refractivity contribution in [2.45, 2.75) is 52.6 Å². The van der Waals surface area contributed by atoms with E-state index in [0.717, 1.165) is 40.1 Å². The van der Waals surface area contributed by atoms with Crippen molar-refractivity contribution in [1.82, 2.24) is 10.2 Å². The van der Waals surface area contributed by atoms with Crippen molar-refractivity contribution >= 4 is 39.1 Å². The summed E-state index contributed by atoms with van der Waals surface area (Å²) in [6, 6.07) is 21.2. The number of nitrogens with one attached hydrogen (secondary N) is 1. The molecule has 0 saturated carbocycles. The van der Waals surface area contributed by atoms with E-state index in [9.17, 15) is 18.0 Å². The maximum atomic E-state index is 14.1. The van der Waals surface area contributed by atoms with Gasteiger partial charge in [0.05, 0.1) is 11.9 Å². The van der Waals surface area contributed by atoms with Crippen LogP contribution >= 0.6 is 11.6 Å². The zero-order valence-corrected chi connectivity index (χ0v) is 25.1. The lowest BCUT2D eigenvalue weighted by Gasteiger charge is -2.34. The molecule has 214 valence electrons. The van der Waals surface area contributed by atoms with Gasteiger partial charge < -0.3 is 10.2 Å². The van der Waals surface area contributed by atoms with Gasteiger partial charge in [0, 0.05) is 24.5 Å². The highest BCUT2D eigenvalue weighted by Gasteiger charge is 2.33. The van der Waals surface area contributed by atoms with Gasteiger partial charge in [0.2, 0.25) is 21.8 Å². The summed E-state index contributed by atoms with van der Waals surface area (Å²) in [6.07, 6.45) is 3.08. The Hall–Kier alpha value is -3.36. The van der Waals surface area contributed by atoms with Gasteiger partial charge in [-0.25, -0.2) is 8.42 Å². The van der Waals surface area contributed by atoms with Gasteiger partial charge in [0.15, 0.2) is 0 Å². The van der Waals surface area contributed by atoms with Crippen LogP contribution in [0.4, 0.5) is 5.69 Å². The molecule has 1 unspecified atom stereocenters.